The van der Waals surface area contributed by atoms with Gasteiger partial charge in [0.2, 0.25) is 0 Å². The number of rotatable bonds is 3. The van der Waals surface area contributed by atoms with Gasteiger partial charge in [-0.1, -0.05) is 36.4 Å². The lowest BCUT2D eigenvalue weighted by Gasteiger charge is -2.13. The minimum atomic E-state index is -0.109. The second-order valence-electron chi connectivity index (χ2n) is 5.37. The van der Waals surface area contributed by atoms with Gasteiger partial charge in [-0.25, -0.2) is 0 Å². The Hall–Kier alpha value is -2.06. The number of nitrogens with two attached hydrogens (primary N) is 1. The number of benzene rings is 2. The first-order valence-electron chi connectivity index (χ1n) is 6.94. The van der Waals surface area contributed by atoms with Crippen LogP contribution in [0.1, 0.15) is 28.5 Å². The highest BCUT2D eigenvalue weighted by molar-refractivity contribution is 5.77. The SMILES string of the molecule is Cc1cccc(C)c1CC(N)c1cc2ccccc2o1. The summed E-state index contributed by atoms with van der Waals surface area (Å²) in [6.07, 6.45) is 0.804. The first-order chi connectivity index (χ1) is 9.65. The average molecular weight is 265 g/mol. The predicted molar refractivity (Wildman–Crippen MR) is 82.8 cm³/mol. The van der Waals surface area contributed by atoms with Crippen molar-refractivity contribution in [2.75, 3.05) is 0 Å². The molecule has 0 spiro atoms. The molecule has 0 amide bonds. The Morgan fingerprint density at radius 3 is 2.40 bits per heavy atom. The van der Waals surface area contributed by atoms with Gasteiger partial charge >= 0.3 is 0 Å². The molecule has 0 aliphatic rings. The smallest absolute Gasteiger partial charge is 0.134 e. The van der Waals surface area contributed by atoms with Gasteiger partial charge in [0, 0.05) is 5.39 Å². The first kappa shape index (κ1) is 12.9. The van der Waals surface area contributed by atoms with Crippen molar-refractivity contribution in [3.8, 4) is 0 Å². The molecule has 1 aromatic heterocycles. The highest BCUT2D eigenvalue weighted by Crippen LogP contribution is 2.26. The summed E-state index contributed by atoms with van der Waals surface area (Å²) >= 11 is 0. The number of hydrogen-bond donors (Lipinski definition) is 1. The summed E-state index contributed by atoms with van der Waals surface area (Å²) in [5.41, 5.74) is 11.1. The zero-order valence-electron chi connectivity index (χ0n) is 11.9. The Balaban J connectivity index is 1.91. The van der Waals surface area contributed by atoms with E-state index in [-0.39, 0.29) is 6.04 Å². The largest absolute Gasteiger partial charge is 0.459 e. The van der Waals surface area contributed by atoms with E-state index in [9.17, 15) is 0 Å². The van der Waals surface area contributed by atoms with E-state index < -0.39 is 0 Å². The summed E-state index contributed by atoms with van der Waals surface area (Å²) in [5.74, 6) is 0.855. The maximum Gasteiger partial charge on any atom is 0.134 e. The fourth-order valence-corrected chi connectivity index (χ4v) is 2.68. The lowest BCUT2D eigenvalue weighted by Crippen LogP contribution is -2.14. The van der Waals surface area contributed by atoms with Crippen LogP contribution in [0.2, 0.25) is 0 Å². The zero-order valence-corrected chi connectivity index (χ0v) is 11.9. The molecule has 0 fully saturated rings. The normalized spacial score (nSPS) is 12.8. The summed E-state index contributed by atoms with van der Waals surface area (Å²) in [4.78, 5) is 0. The maximum absolute atomic E-state index is 6.33. The molecule has 1 heterocycles. The number of furan rings is 1. The van der Waals surface area contributed by atoms with Crippen LogP contribution in [0.3, 0.4) is 0 Å². The lowest BCUT2D eigenvalue weighted by atomic mass is 9.96. The van der Waals surface area contributed by atoms with E-state index in [0.29, 0.717) is 0 Å². The topological polar surface area (TPSA) is 39.2 Å². The highest BCUT2D eigenvalue weighted by Gasteiger charge is 2.14. The molecule has 3 aromatic rings. The van der Waals surface area contributed by atoms with Crippen LogP contribution >= 0.6 is 0 Å². The van der Waals surface area contributed by atoms with Gasteiger partial charge < -0.3 is 10.2 Å². The Kier molecular flexibility index (Phi) is 3.33. The standard InChI is InChI=1S/C18H19NO/c1-12-6-5-7-13(2)15(12)11-16(19)18-10-14-8-3-4-9-17(14)20-18/h3-10,16H,11,19H2,1-2H3. The van der Waals surface area contributed by atoms with E-state index in [1.807, 2.05) is 30.3 Å². The van der Waals surface area contributed by atoms with Crippen LogP contribution in [0.15, 0.2) is 52.9 Å². The number of hydrogen-bond acceptors (Lipinski definition) is 2. The highest BCUT2D eigenvalue weighted by atomic mass is 16.3. The molecule has 2 N–H and O–H groups in total. The van der Waals surface area contributed by atoms with E-state index >= 15 is 0 Å². The molecule has 0 saturated heterocycles. The molecule has 20 heavy (non-hydrogen) atoms. The molecule has 2 nitrogen and oxygen atoms in total. The molecule has 0 aliphatic carbocycles. The van der Waals surface area contributed by atoms with E-state index in [0.717, 1.165) is 23.2 Å². The fourth-order valence-electron chi connectivity index (χ4n) is 2.68. The van der Waals surface area contributed by atoms with Gasteiger partial charge in [-0.15, -0.1) is 0 Å². The van der Waals surface area contributed by atoms with Crippen molar-refractivity contribution in [1.82, 2.24) is 0 Å². The summed E-state index contributed by atoms with van der Waals surface area (Å²) in [7, 11) is 0. The van der Waals surface area contributed by atoms with Crippen LogP contribution in [-0.2, 0) is 6.42 Å². The third-order valence-corrected chi connectivity index (χ3v) is 3.88. The Morgan fingerprint density at radius 1 is 1.00 bits per heavy atom. The molecule has 102 valence electrons. The molecular weight excluding hydrogens is 246 g/mol. The van der Waals surface area contributed by atoms with Gasteiger partial charge in [0.05, 0.1) is 6.04 Å². The summed E-state index contributed by atoms with van der Waals surface area (Å²) in [6.45, 7) is 4.27. The van der Waals surface area contributed by atoms with Crippen molar-refractivity contribution in [2.24, 2.45) is 5.73 Å². The zero-order chi connectivity index (χ0) is 14.1. The second kappa shape index (κ2) is 5.14. The van der Waals surface area contributed by atoms with Crippen LogP contribution in [-0.4, -0.2) is 0 Å². The number of para-hydroxylation sites is 1. The Labute approximate surface area is 119 Å². The van der Waals surface area contributed by atoms with Crippen molar-refractivity contribution < 1.29 is 4.42 Å². The molecule has 1 unspecified atom stereocenters. The molecule has 3 rings (SSSR count). The minimum absolute atomic E-state index is 0.109. The van der Waals surface area contributed by atoms with Gasteiger partial charge in [-0.3, -0.25) is 0 Å². The van der Waals surface area contributed by atoms with Crippen molar-refractivity contribution in [1.29, 1.82) is 0 Å². The summed E-state index contributed by atoms with van der Waals surface area (Å²) in [5, 5.41) is 1.11. The van der Waals surface area contributed by atoms with Crippen LogP contribution in [0.4, 0.5) is 0 Å². The minimum Gasteiger partial charge on any atom is -0.459 e. The Morgan fingerprint density at radius 2 is 1.70 bits per heavy atom. The monoisotopic (exact) mass is 265 g/mol. The molecule has 1 atom stereocenters. The van der Waals surface area contributed by atoms with Gasteiger partial charge in [0.1, 0.15) is 11.3 Å². The van der Waals surface area contributed by atoms with E-state index in [4.69, 9.17) is 10.2 Å². The molecule has 2 heteroatoms. The summed E-state index contributed by atoms with van der Waals surface area (Å²) in [6, 6.07) is 16.3. The third-order valence-electron chi connectivity index (χ3n) is 3.88. The first-order valence-corrected chi connectivity index (χ1v) is 6.94. The predicted octanol–water partition coefficient (Wildman–Crippen LogP) is 4.29. The van der Waals surface area contributed by atoms with Crippen LogP contribution in [0.25, 0.3) is 11.0 Å². The molecular formula is C18H19NO. The van der Waals surface area contributed by atoms with E-state index in [2.05, 4.69) is 32.0 Å². The van der Waals surface area contributed by atoms with Crippen molar-refractivity contribution in [3.05, 3.63) is 71.0 Å². The van der Waals surface area contributed by atoms with Crippen LogP contribution < -0.4 is 5.73 Å². The Bertz CT molecular complexity index is 689. The fraction of sp³-hybridized carbons (Fsp3) is 0.222. The number of aryl methyl sites for hydroxylation is 2. The quantitative estimate of drug-likeness (QED) is 0.767. The molecule has 0 bridgehead atoms. The molecule has 0 saturated carbocycles. The average Bonchev–Trinajstić information content (AvgIpc) is 2.87. The maximum atomic E-state index is 6.33. The van der Waals surface area contributed by atoms with Crippen molar-refractivity contribution in [3.63, 3.8) is 0 Å². The van der Waals surface area contributed by atoms with Gasteiger partial charge in [0.15, 0.2) is 0 Å². The van der Waals surface area contributed by atoms with Gasteiger partial charge in [-0.2, -0.15) is 0 Å². The molecule has 0 radical (unpaired) electrons. The van der Waals surface area contributed by atoms with Gasteiger partial charge in [-0.05, 0) is 49.1 Å². The van der Waals surface area contributed by atoms with E-state index in [1.165, 1.54) is 16.7 Å². The number of fused-ring (bicyclic) bond motifs is 1. The van der Waals surface area contributed by atoms with Crippen molar-refractivity contribution in [2.45, 2.75) is 26.3 Å². The molecule has 0 aliphatic heterocycles. The van der Waals surface area contributed by atoms with Gasteiger partial charge in [0.25, 0.3) is 0 Å². The summed E-state index contributed by atoms with van der Waals surface area (Å²) < 4.78 is 5.86. The molecule has 2 aromatic carbocycles. The lowest BCUT2D eigenvalue weighted by molar-refractivity contribution is 0.493. The second-order valence-corrected chi connectivity index (χ2v) is 5.37. The van der Waals surface area contributed by atoms with Crippen LogP contribution in [0, 0.1) is 13.8 Å². The van der Waals surface area contributed by atoms with E-state index in [1.54, 1.807) is 0 Å². The third kappa shape index (κ3) is 2.35. The van der Waals surface area contributed by atoms with Crippen LogP contribution in [0.5, 0.6) is 0 Å². The van der Waals surface area contributed by atoms with Crippen molar-refractivity contribution >= 4 is 11.0 Å².